The van der Waals surface area contributed by atoms with Crippen LogP contribution in [0.4, 0.5) is 11.4 Å². The molecule has 1 saturated heterocycles. The molecule has 1 N–H and O–H groups in total. The molecular formula is C33H23ClN2O3. The van der Waals surface area contributed by atoms with E-state index in [0.29, 0.717) is 21.8 Å². The lowest BCUT2D eigenvalue weighted by molar-refractivity contribution is -0.121. The number of ketones is 2. The summed E-state index contributed by atoms with van der Waals surface area (Å²) in [5.74, 6) is -1.72. The van der Waals surface area contributed by atoms with E-state index in [9.17, 15) is 14.4 Å². The van der Waals surface area contributed by atoms with E-state index in [1.165, 1.54) is 0 Å². The average Bonchev–Trinajstić information content (AvgIpc) is 3.45. The van der Waals surface area contributed by atoms with Gasteiger partial charge in [0, 0.05) is 27.5 Å². The molecule has 0 saturated carbocycles. The summed E-state index contributed by atoms with van der Waals surface area (Å²) in [5, 5.41) is 3.61. The van der Waals surface area contributed by atoms with Crippen LogP contribution in [-0.4, -0.2) is 29.6 Å². The number of nitrogens with zero attached hydrogens (tertiary/aromatic N) is 1. The van der Waals surface area contributed by atoms with Gasteiger partial charge in [0.2, 0.25) is 5.91 Å². The number of amides is 1. The lowest BCUT2D eigenvalue weighted by Crippen LogP contribution is -2.51. The zero-order valence-corrected chi connectivity index (χ0v) is 21.5. The summed E-state index contributed by atoms with van der Waals surface area (Å²) < 4.78 is 0. The van der Waals surface area contributed by atoms with Crippen LogP contribution in [-0.2, 0) is 10.2 Å². The maximum Gasteiger partial charge on any atom is 0.238 e. The Morgan fingerprint density at radius 3 is 2.15 bits per heavy atom. The Kier molecular flexibility index (Phi) is 5.32. The molecule has 39 heavy (non-hydrogen) atoms. The summed E-state index contributed by atoms with van der Waals surface area (Å²) in [6.45, 7) is 0. The molecule has 0 aromatic heterocycles. The van der Waals surface area contributed by atoms with E-state index < -0.39 is 23.4 Å². The predicted octanol–water partition coefficient (Wildman–Crippen LogP) is 6.20. The molecule has 5 nitrogen and oxygen atoms in total. The molecule has 4 aromatic rings. The number of rotatable bonds is 4. The van der Waals surface area contributed by atoms with Gasteiger partial charge in [-0.15, -0.1) is 0 Å². The molecule has 4 aromatic carbocycles. The highest BCUT2D eigenvalue weighted by Gasteiger charge is 2.70. The lowest BCUT2D eigenvalue weighted by Gasteiger charge is -2.37. The molecule has 1 fully saturated rings. The summed E-state index contributed by atoms with van der Waals surface area (Å²) >= 11 is 6.35. The number of para-hydroxylation sites is 1. The van der Waals surface area contributed by atoms with Crippen LogP contribution >= 0.6 is 11.6 Å². The Morgan fingerprint density at radius 2 is 1.44 bits per heavy atom. The van der Waals surface area contributed by atoms with Gasteiger partial charge in [0.1, 0.15) is 11.5 Å². The molecule has 0 aliphatic carbocycles. The van der Waals surface area contributed by atoms with Gasteiger partial charge in [0.25, 0.3) is 0 Å². The molecule has 1 amide bonds. The van der Waals surface area contributed by atoms with Crippen LogP contribution in [0.15, 0.2) is 109 Å². The number of benzene rings is 4. The maximum absolute atomic E-state index is 14.6. The third-order valence-electron chi connectivity index (χ3n) is 8.26. The van der Waals surface area contributed by atoms with Crippen molar-refractivity contribution in [2.45, 2.75) is 17.5 Å². The fourth-order valence-corrected chi connectivity index (χ4v) is 6.89. The van der Waals surface area contributed by atoms with E-state index in [4.69, 9.17) is 11.6 Å². The SMILES string of the molecule is O=C(c1ccccc1)[C@@H]1[C@@H](C(=O)c2ccccc2)[C@]2(C(=O)Nc3ccccc32)[C@H]2C=Cc3cc(Cl)ccc3N12. The number of carbonyl (C=O) groups excluding carboxylic acids is 3. The largest absolute Gasteiger partial charge is 0.352 e. The highest BCUT2D eigenvalue weighted by atomic mass is 35.5. The van der Waals surface area contributed by atoms with Crippen LogP contribution in [0.2, 0.25) is 5.02 Å². The van der Waals surface area contributed by atoms with Crippen LogP contribution in [0.5, 0.6) is 0 Å². The molecule has 0 unspecified atom stereocenters. The smallest absolute Gasteiger partial charge is 0.238 e. The van der Waals surface area contributed by atoms with Crippen molar-refractivity contribution in [3.05, 3.63) is 136 Å². The van der Waals surface area contributed by atoms with Crippen molar-refractivity contribution in [2.75, 3.05) is 10.2 Å². The van der Waals surface area contributed by atoms with E-state index >= 15 is 0 Å². The molecule has 3 heterocycles. The topological polar surface area (TPSA) is 66.5 Å². The Bertz CT molecular complexity index is 1680. The Balaban J connectivity index is 1.55. The molecule has 0 radical (unpaired) electrons. The van der Waals surface area contributed by atoms with E-state index in [2.05, 4.69) is 5.32 Å². The van der Waals surface area contributed by atoms with Crippen LogP contribution in [0, 0.1) is 5.92 Å². The average molecular weight is 531 g/mol. The Morgan fingerprint density at radius 1 is 0.795 bits per heavy atom. The number of Topliss-reactive ketones (excluding diaryl/α,β-unsaturated/α-hetero) is 2. The first-order valence-electron chi connectivity index (χ1n) is 12.9. The molecule has 7 rings (SSSR count). The summed E-state index contributed by atoms with van der Waals surface area (Å²) in [7, 11) is 0. The summed E-state index contributed by atoms with van der Waals surface area (Å²) in [6, 6.07) is 29.4. The van der Waals surface area contributed by atoms with Crippen molar-refractivity contribution in [1.29, 1.82) is 0 Å². The lowest BCUT2D eigenvalue weighted by atomic mass is 9.64. The summed E-state index contributed by atoms with van der Waals surface area (Å²) in [5.41, 5.74) is 2.61. The first kappa shape index (κ1) is 23.6. The second-order valence-corrected chi connectivity index (χ2v) is 10.6. The third-order valence-corrected chi connectivity index (χ3v) is 8.50. The maximum atomic E-state index is 14.6. The zero-order chi connectivity index (χ0) is 26.7. The van der Waals surface area contributed by atoms with Gasteiger partial charge in [-0.25, -0.2) is 0 Å². The highest BCUT2D eigenvalue weighted by Crippen LogP contribution is 2.58. The van der Waals surface area contributed by atoms with Crippen LogP contribution in [0.3, 0.4) is 0 Å². The normalized spacial score (nSPS) is 24.2. The van der Waals surface area contributed by atoms with Crippen molar-refractivity contribution >= 4 is 46.5 Å². The molecule has 190 valence electrons. The predicted molar refractivity (Wildman–Crippen MR) is 152 cm³/mol. The van der Waals surface area contributed by atoms with Crippen LogP contribution in [0.25, 0.3) is 6.08 Å². The molecule has 1 spiro atoms. The van der Waals surface area contributed by atoms with Gasteiger partial charge in [0.05, 0.1) is 12.0 Å². The summed E-state index contributed by atoms with van der Waals surface area (Å²) in [6.07, 6.45) is 3.89. The zero-order valence-electron chi connectivity index (χ0n) is 20.8. The van der Waals surface area contributed by atoms with Crippen molar-refractivity contribution < 1.29 is 14.4 Å². The van der Waals surface area contributed by atoms with Gasteiger partial charge in [-0.3, -0.25) is 14.4 Å². The van der Waals surface area contributed by atoms with Crippen LogP contribution < -0.4 is 10.2 Å². The molecule has 6 heteroatoms. The van der Waals surface area contributed by atoms with Gasteiger partial charge in [0.15, 0.2) is 11.6 Å². The molecule has 3 aliphatic heterocycles. The van der Waals surface area contributed by atoms with E-state index in [1.807, 2.05) is 77.7 Å². The second kappa shape index (κ2) is 8.79. The van der Waals surface area contributed by atoms with E-state index in [-0.39, 0.29) is 17.5 Å². The fraction of sp³-hybridized carbons (Fsp3) is 0.121. The second-order valence-electron chi connectivity index (χ2n) is 10.2. The van der Waals surface area contributed by atoms with Crippen molar-refractivity contribution in [3.63, 3.8) is 0 Å². The molecule has 3 aliphatic rings. The quantitative estimate of drug-likeness (QED) is 0.319. The first-order chi connectivity index (χ1) is 19.0. The molecule has 0 bridgehead atoms. The number of hydrogen-bond acceptors (Lipinski definition) is 4. The summed E-state index contributed by atoms with van der Waals surface area (Å²) in [4.78, 5) is 45.4. The van der Waals surface area contributed by atoms with Gasteiger partial charge >= 0.3 is 0 Å². The van der Waals surface area contributed by atoms with Gasteiger partial charge in [-0.05, 0) is 35.4 Å². The van der Waals surface area contributed by atoms with Crippen molar-refractivity contribution in [3.8, 4) is 0 Å². The minimum atomic E-state index is -1.33. The van der Waals surface area contributed by atoms with Gasteiger partial charge in [-0.1, -0.05) is 103 Å². The number of halogens is 1. The molecule has 4 atom stereocenters. The minimum absolute atomic E-state index is 0.208. The fourth-order valence-electron chi connectivity index (χ4n) is 6.71. The van der Waals surface area contributed by atoms with E-state index in [0.717, 1.165) is 16.8 Å². The van der Waals surface area contributed by atoms with E-state index in [1.54, 1.807) is 42.5 Å². The number of anilines is 2. The Hall–Kier alpha value is -4.48. The number of hydrogen-bond donors (Lipinski definition) is 1. The number of fused-ring (bicyclic) bond motifs is 6. The third kappa shape index (κ3) is 3.30. The Labute approximate surface area is 230 Å². The monoisotopic (exact) mass is 530 g/mol. The number of nitrogens with one attached hydrogen (secondary N) is 1. The highest BCUT2D eigenvalue weighted by molar-refractivity contribution is 6.31. The standard InChI is InChI=1S/C33H23ClN2O3/c34-23-16-17-26-22(19-23)15-18-27-33(24-13-7-8-14-25(24)35-32(33)39)28(30(37)20-9-3-1-4-10-20)29(36(26)27)31(38)21-11-5-2-6-12-21/h1-19,27-29H,(H,35,39)/t27-,28+,29+,33-/m1/s1. The number of carbonyl (C=O) groups is 3. The first-order valence-corrected chi connectivity index (χ1v) is 13.2. The van der Waals surface area contributed by atoms with Gasteiger partial charge < -0.3 is 10.2 Å². The van der Waals surface area contributed by atoms with Crippen molar-refractivity contribution in [2.24, 2.45) is 5.92 Å². The van der Waals surface area contributed by atoms with Crippen molar-refractivity contribution in [1.82, 2.24) is 0 Å². The van der Waals surface area contributed by atoms with Gasteiger partial charge in [-0.2, -0.15) is 0 Å². The minimum Gasteiger partial charge on any atom is -0.352 e. The van der Waals surface area contributed by atoms with Crippen LogP contribution in [0.1, 0.15) is 31.8 Å². The molecular weight excluding hydrogens is 508 g/mol.